The lowest BCUT2D eigenvalue weighted by molar-refractivity contribution is 1.14. The van der Waals surface area contributed by atoms with E-state index in [1.165, 1.54) is 0 Å². The first-order chi connectivity index (χ1) is 7.72. The predicted octanol–water partition coefficient (Wildman–Crippen LogP) is 2.08. The summed E-state index contributed by atoms with van der Waals surface area (Å²) in [6.45, 7) is 1.98. The molecule has 0 saturated carbocycles. The first-order valence-corrected chi connectivity index (χ1v) is 5.09. The smallest absolute Gasteiger partial charge is 0.222 e. The number of nitrogens with two attached hydrogens (primary N) is 1. The summed E-state index contributed by atoms with van der Waals surface area (Å²) in [6, 6.07) is 9.95. The van der Waals surface area contributed by atoms with E-state index >= 15 is 0 Å². The van der Waals surface area contributed by atoms with Crippen LogP contribution in [-0.2, 0) is 0 Å². The molecule has 0 amide bonds. The number of rotatable bonds is 2. The maximum atomic E-state index is 5.68. The van der Waals surface area contributed by atoms with E-state index in [1.54, 1.807) is 0 Å². The molecule has 0 saturated heterocycles. The minimum Gasteiger partial charge on any atom is -0.373 e. The van der Waals surface area contributed by atoms with Crippen LogP contribution in [0.5, 0.6) is 0 Å². The van der Waals surface area contributed by atoms with E-state index in [-0.39, 0.29) is 5.95 Å². The number of nitrogens with zero attached hydrogens (tertiary/aromatic N) is 2. The van der Waals surface area contributed by atoms with Crippen molar-refractivity contribution in [1.82, 2.24) is 9.97 Å². The molecule has 4 nitrogen and oxygen atoms in total. The van der Waals surface area contributed by atoms with Crippen LogP contribution >= 0.6 is 0 Å². The van der Waals surface area contributed by atoms with Gasteiger partial charge >= 0.3 is 0 Å². The first kappa shape index (κ1) is 10.4. The highest BCUT2D eigenvalue weighted by molar-refractivity contribution is 5.69. The normalized spacial score (nSPS) is 10.1. The van der Waals surface area contributed by atoms with E-state index in [1.807, 2.05) is 44.3 Å². The van der Waals surface area contributed by atoms with Gasteiger partial charge in [-0.3, -0.25) is 0 Å². The van der Waals surface area contributed by atoms with E-state index in [0.29, 0.717) is 0 Å². The third-order valence-corrected chi connectivity index (χ3v) is 2.45. The van der Waals surface area contributed by atoms with Crippen molar-refractivity contribution >= 4 is 11.8 Å². The Labute approximate surface area is 94.5 Å². The summed E-state index contributed by atoms with van der Waals surface area (Å²) < 4.78 is 0. The summed E-state index contributed by atoms with van der Waals surface area (Å²) in [6.07, 6.45) is 0. The standard InChI is InChI=1S/C12H14N4/c1-8-10(9-6-4-3-5-7-9)15-12(13)16-11(8)14-2/h3-7H,1-2H3,(H3,13,14,15,16). The van der Waals surface area contributed by atoms with Gasteiger partial charge in [0.15, 0.2) is 0 Å². The molecular weight excluding hydrogens is 200 g/mol. The molecular formula is C12H14N4. The Kier molecular flexibility index (Phi) is 2.72. The zero-order chi connectivity index (χ0) is 11.5. The van der Waals surface area contributed by atoms with Gasteiger partial charge in [0, 0.05) is 18.2 Å². The molecule has 0 spiro atoms. The second-order valence-electron chi connectivity index (χ2n) is 3.52. The Bertz CT molecular complexity index is 494. The average molecular weight is 214 g/mol. The van der Waals surface area contributed by atoms with Crippen molar-refractivity contribution in [2.45, 2.75) is 6.92 Å². The Balaban J connectivity index is 2.61. The van der Waals surface area contributed by atoms with Crippen LogP contribution in [0.1, 0.15) is 5.56 Å². The van der Waals surface area contributed by atoms with E-state index in [2.05, 4.69) is 15.3 Å². The van der Waals surface area contributed by atoms with Crippen molar-refractivity contribution in [1.29, 1.82) is 0 Å². The summed E-state index contributed by atoms with van der Waals surface area (Å²) in [4.78, 5) is 8.41. The fraction of sp³-hybridized carbons (Fsp3) is 0.167. The number of hydrogen-bond acceptors (Lipinski definition) is 4. The average Bonchev–Trinajstić information content (AvgIpc) is 2.33. The molecule has 0 atom stereocenters. The molecule has 82 valence electrons. The van der Waals surface area contributed by atoms with E-state index < -0.39 is 0 Å². The Morgan fingerprint density at radius 2 is 1.81 bits per heavy atom. The zero-order valence-corrected chi connectivity index (χ0v) is 9.36. The largest absolute Gasteiger partial charge is 0.373 e. The van der Waals surface area contributed by atoms with Gasteiger partial charge in [-0.2, -0.15) is 4.98 Å². The number of anilines is 2. The third-order valence-electron chi connectivity index (χ3n) is 2.45. The number of benzene rings is 1. The van der Waals surface area contributed by atoms with Gasteiger partial charge < -0.3 is 11.1 Å². The predicted molar refractivity (Wildman–Crippen MR) is 66.2 cm³/mol. The van der Waals surface area contributed by atoms with E-state index in [4.69, 9.17) is 5.73 Å². The van der Waals surface area contributed by atoms with E-state index in [9.17, 15) is 0 Å². The van der Waals surface area contributed by atoms with Crippen molar-refractivity contribution in [3.8, 4) is 11.3 Å². The van der Waals surface area contributed by atoms with Crippen LogP contribution in [-0.4, -0.2) is 17.0 Å². The molecule has 3 N–H and O–H groups in total. The second-order valence-corrected chi connectivity index (χ2v) is 3.52. The van der Waals surface area contributed by atoms with Crippen LogP contribution in [0.2, 0.25) is 0 Å². The highest BCUT2D eigenvalue weighted by atomic mass is 15.1. The van der Waals surface area contributed by atoms with Gasteiger partial charge in [-0.25, -0.2) is 4.98 Å². The third kappa shape index (κ3) is 1.82. The molecule has 0 fully saturated rings. The maximum Gasteiger partial charge on any atom is 0.222 e. The molecule has 0 aliphatic rings. The first-order valence-electron chi connectivity index (χ1n) is 5.09. The summed E-state index contributed by atoms with van der Waals surface area (Å²) >= 11 is 0. The second kappa shape index (κ2) is 4.18. The molecule has 0 radical (unpaired) electrons. The van der Waals surface area contributed by atoms with Crippen LogP contribution < -0.4 is 11.1 Å². The van der Waals surface area contributed by atoms with Crippen molar-refractivity contribution in [3.63, 3.8) is 0 Å². The number of hydrogen-bond donors (Lipinski definition) is 2. The lowest BCUT2D eigenvalue weighted by atomic mass is 10.1. The Morgan fingerprint density at radius 3 is 2.44 bits per heavy atom. The number of nitrogen functional groups attached to an aromatic ring is 1. The van der Waals surface area contributed by atoms with Gasteiger partial charge in [0.1, 0.15) is 5.82 Å². The molecule has 0 bridgehead atoms. The Morgan fingerprint density at radius 1 is 1.12 bits per heavy atom. The highest BCUT2D eigenvalue weighted by Crippen LogP contribution is 2.25. The number of aromatic nitrogens is 2. The van der Waals surface area contributed by atoms with Gasteiger partial charge in [-0.05, 0) is 6.92 Å². The lowest BCUT2D eigenvalue weighted by Crippen LogP contribution is -2.04. The van der Waals surface area contributed by atoms with Gasteiger partial charge in [-0.15, -0.1) is 0 Å². The van der Waals surface area contributed by atoms with E-state index in [0.717, 1.165) is 22.6 Å². The van der Waals surface area contributed by atoms with Crippen molar-refractivity contribution < 1.29 is 0 Å². The summed E-state index contributed by atoms with van der Waals surface area (Å²) in [5, 5.41) is 3.02. The van der Waals surface area contributed by atoms with Gasteiger partial charge in [0.05, 0.1) is 5.69 Å². The zero-order valence-electron chi connectivity index (χ0n) is 9.36. The molecule has 1 aromatic heterocycles. The molecule has 1 aromatic carbocycles. The SMILES string of the molecule is CNc1nc(N)nc(-c2ccccc2)c1C. The lowest BCUT2D eigenvalue weighted by Gasteiger charge is -2.10. The molecule has 0 unspecified atom stereocenters. The van der Waals surface area contributed by atoms with Gasteiger partial charge in [0.2, 0.25) is 5.95 Å². The van der Waals surface area contributed by atoms with Crippen LogP contribution in [0.25, 0.3) is 11.3 Å². The monoisotopic (exact) mass is 214 g/mol. The summed E-state index contributed by atoms with van der Waals surface area (Å²) in [5.41, 5.74) is 8.60. The Hall–Kier alpha value is -2.10. The fourth-order valence-corrected chi connectivity index (χ4v) is 1.65. The molecule has 2 aromatic rings. The molecule has 1 heterocycles. The fourth-order valence-electron chi connectivity index (χ4n) is 1.65. The summed E-state index contributed by atoms with van der Waals surface area (Å²) in [5.74, 6) is 1.06. The highest BCUT2D eigenvalue weighted by Gasteiger charge is 2.09. The minimum atomic E-state index is 0.286. The molecule has 16 heavy (non-hydrogen) atoms. The minimum absolute atomic E-state index is 0.286. The van der Waals surface area contributed by atoms with Crippen molar-refractivity contribution in [3.05, 3.63) is 35.9 Å². The van der Waals surface area contributed by atoms with Crippen LogP contribution in [0, 0.1) is 6.92 Å². The van der Waals surface area contributed by atoms with Gasteiger partial charge in [-0.1, -0.05) is 30.3 Å². The van der Waals surface area contributed by atoms with Crippen molar-refractivity contribution in [2.24, 2.45) is 0 Å². The summed E-state index contributed by atoms with van der Waals surface area (Å²) in [7, 11) is 1.82. The number of nitrogens with one attached hydrogen (secondary N) is 1. The molecule has 0 aliphatic carbocycles. The van der Waals surface area contributed by atoms with Gasteiger partial charge in [0.25, 0.3) is 0 Å². The molecule has 0 aliphatic heterocycles. The van der Waals surface area contributed by atoms with Crippen LogP contribution in [0.15, 0.2) is 30.3 Å². The quantitative estimate of drug-likeness (QED) is 0.803. The van der Waals surface area contributed by atoms with Crippen LogP contribution in [0.4, 0.5) is 11.8 Å². The van der Waals surface area contributed by atoms with Crippen molar-refractivity contribution in [2.75, 3.05) is 18.1 Å². The van der Waals surface area contributed by atoms with Crippen LogP contribution in [0.3, 0.4) is 0 Å². The maximum absolute atomic E-state index is 5.68. The molecule has 2 rings (SSSR count). The molecule has 4 heteroatoms. The topological polar surface area (TPSA) is 63.8 Å².